The molecule has 7 nitrogen and oxygen atoms in total. The molecule has 1 aromatic heterocycles. The number of hydrogen-bond acceptors (Lipinski definition) is 5. The Morgan fingerprint density at radius 1 is 1.03 bits per heavy atom. The van der Waals surface area contributed by atoms with Crippen molar-refractivity contribution in [2.45, 2.75) is 26.4 Å². The summed E-state index contributed by atoms with van der Waals surface area (Å²) in [6.07, 6.45) is 1.49. The molecular weight excluding hydrogens is 452 g/mol. The van der Waals surface area contributed by atoms with Crippen LogP contribution < -0.4 is 4.90 Å². The highest BCUT2D eigenvalue weighted by atomic mass is 32.2. The van der Waals surface area contributed by atoms with Crippen LogP contribution in [-0.4, -0.2) is 43.3 Å². The zero-order chi connectivity index (χ0) is 24.3. The van der Waals surface area contributed by atoms with E-state index in [2.05, 4.69) is 0 Å². The number of ether oxygens (including phenoxy) is 1. The smallest absolute Gasteiger partial charge is 0.340 e. The van der Waals surface area contributed by atoms with Crippen molar-refractivity contribution in [3.05, 3.63) is 101 Å². The SMILES string of the molecule is Cc1cc(C(=O)OCC(=O)N(c2ccccc2)[C@@H]2C=CS(=O)(=O)C2)c(C)n1Cc1ccccc1. The van der Waals surface area contributed by atoms with Gasteiger partial charge in [-0.3, -0.25) is 4.79 Å². The minimum absolute atomic E-state index is 0.206. The fourth-order valence-corrected chi connectivity index (χ4v) is 5.39. The van der Waals surface area contributed by atoms with Crippen LogP contribution in [0.15, 0.2) is 78.2 Å². The van der Waals surface area contributed by atoms with Crippen LogP contribution in [0.5, 0.6) is 0 Å². The number of para-hydroxylation sites is 1. The zero-order valence-corrected chi connectivity index (χ0v) is 19.9. The molecule has 0 radical (unpaired) electrons. The molecule has 0 N–H and O–H groups in total. The molecule has 4 rings (SSSR count). The van der Waals surface area contributed by atoms with E-state index >= 15 is 0 Å². The second-order valence-electron chi connectivity index (χ2n) is 8.26. The standard InChI is InChI=1S/C26H26N2O5S/c1-19-15-24(20(2)27(19)16-21-9-5-3-6-10-21)26(30)33-17-25(29)28(22-11-7-4-8-12-22)23-13-14-34(31,32)18-23/h3-15,23H,16-18H2,1-2H3/t23-/m1/s1. The first-order chi connectivity index (χ1) is 16.2. The van der Waals surface area contributed by atoms with Crippen LogP contribution in [0.25, 0.3) is 0 Å². The second kappa shape index (κ2) is 9.69. The topological polar surface area (TPSA) is 85.7 Å². The Morgan fingerprint density at radius 3 is 2.29 bits per heavy atom. The summed E-state index contributed by atoms with van der Waals surface area (Å²) in [7, 11) is -3.37. The number of hydrogen-bond donors (Lipinski definition) is 0. The van der Waals surface area contributed by atoms with Gasteiger partial charge < -0.3 is 14.2 Å². The molecule has 3 aromatic rings. The molecule has 0 fully saturated rings. The van der Waals surface area contributed by atoms with Crippen LogP contribution in [0, 0.1) is 13.8 Å². The molecule has 0 bridgehead atoms. The number of anilines is 1. The summed E-state index contributed by atoms with van der Waals surface area (Å²) in [5.41, 5.74) is 3.71. The maximum Gasteiger partial charge on any atom is 0.340 e. The Kier molecular flexibility index (Phi) is 6.70. The molecule has 0 saturated carbocycles. The van der Waals surface area contributed by atoms with Gasteiger partial charge in [0.15, 0.2) is 16.4 Å². The average molecular weight is 479 g/mol. The van der Waals surface area contributed by atoms with Crippen molar-refractivity contribution in [1.82, 2.24) is 4.57 Å². The maximum absolute atomic E-state index is 13.1. The Hall–Kier alpha value is -3.65. The predicted octanol–water partition coefficient (Wildman–Crippen LogP) is 3.65. The van der Waals surface area contributed by atoms with Gasteiger partial charge >= 0.3 is 5.97 Å². The molecule has 2 aromatic carbocycles. The molecule has 0 unspecified atom stereocenters. The molecule has 0 saturated heterocycles. The molecule has 1 amide bonds. The lowest BCUT2D eigenvalue weighted by atomic mass is 10.2. The van der Waals surface area contributed by atoms with Crippen LogP contribution in [0.4, 0.5) is 5.69 Å². The number of carbonyl (C=O) groups excluding carboxylic acids is 2. The normalized spacial score (nSPS) is 16.4. The van der Waals surface area contributed by atoms with Crippen LogP contribution in [0.1, 0.15) is 27.3 Å². The lowest BCUT2D eigenvalue weighted by Gasteiger charge is -2.27. The monoisotopic (exact) mass is 478 g/mol. The Bertz CT molecular complexity index is 1330. The van der Waals surface area contributed by atoms with Gasteiger partial charge in [-0.25, -0.2) is 13.2 Å². The lowest BCUT2D eigenvalue weighted by Crippen LogP contribution is -2.43. The molecule has 1 aliphatic heterocycles. The van der Waals surface area contributed by atoms with Crippen LogP contribution >= 0.6 is 0 Å². The highest BCUT2D eigenvalue weighted by Crippen LogP contribution is 2.23. The van der Waals surface area contributed by atoms with Crippen molar-refractivity contribution in [2.75, 3.05) is 17.3 Å². The van der Waals surface area contributed by atoms with Gasteiger partial charge in [-0.1, -0.05) is 48.5 Å². The summed E-state index contributed by atoms with van der Waals surface area (Å²) in [6.45, 7) is 3.89. The number of carbonyl (C=O) groups is 2. The van der Waals surface area contributed by atoms with Gasteiger partial charge in [-0.05, 0) is 43.7 Å². The van der Waals surface area contributed by atoms with Crippen LogP contribution in [-0.2, 0) is 25.9 Å². The molecule has 2 heterocycles. The molecule has 176 valence electrons. The Morgan fingerprint density at radius 2 is 1.68 bits per heavy atom. The molecule has 34 heavy (non-hydrogen) atoms. The first-order valence-electron chi connectivity index (χ1n) is 10.9. The highest BCUT2D eigenvalue weighted by molar-refractivity contribution is 7.94. The van der Waals surface area contributed by atoms with E-state index < -0.39 is 34.4 Å². The quantitative estimate of drug-likeness (QED) is 0.484. The van der Waals surface area contributed by atoms with Crippen molar-refractivity contribution in [2.24, 2.45) is 0 Å². The van der Waals surface area contributed by atoms with Gasteiger partial charge in [0.05, 0.1) is 17.4 Å². The van der Waals surface area contributed by atoms with E-state index in [9.17, 15) is 18.0 Å². The molecule has 1 aliphatic rings. The summed E-state index contributed by atoms with van der Waals surface area (Å²) < 4.78 is 31.3. The van der Waals surface area contributed by atoms with E-state index in [-0.39, 0.29) is 5.75 Å². The van der Waals surface area contributed by atoms with Gasteiger partial charge in [-0.15, -0.1) is 0 Å². The third kappa shape index (κ3) is 5.12. The molecule has 8 heteroatoms. The van der Waals surface area contributed by atoms with Crippen LogP contribution in [0.3, 0.4) is 0 Å². The Labute approximate surface area is 199 Å². The minimum atomic E-state index is -3.37. The van der Waals surface area contributed by atoms with Crippen molar-refractivity contribution < 1.29 is 22.7 Å². The molecule has 0 aliphatic carbocycles. The number of amides is 1. The largest absolute Gasteiger partial charge is 0.452 e. The number of aryl methyl sites for hydroxylation is 1. The van der Waals surface area contributed by atoms with Crippen molar-refractivity contribution in [3.8, 4) is 0 Å². The highest BCUT2D eigenvalue weighted by Gasteiger charge is 2.32. The number of sulfone groups is 1. The number of aromatic nitrogens is 1. The van der Waals surface area contributed by atoms with E-state index in [1.54, 1.807) is 36.4 Å². The molecule has 0 spiro atoms. The summed E-state index contributed by atoms with van der Waals surface area (Å²) >= 11 is 0. The van der Waals surface area contributed by atoms with E-state index in [0.717, 1.165) is 22.4 Å². The van der Waals surface area contributed by atoms with Gasteiger partial charge in [0, 0.05) is 29.0 Å². The van der Waals surface area contributed by atoms with Crippen LogP contribution in [0.2, 0.25) is 0 Å². The third-order valence-electron chi connectivity index (χ3n) is 5.85. The number of rotatable bonds is 7. The van der Waals surface area contributed by atoms with Gasteiger partial charge in [0.25, 0.3) is 5.91 Å². The van der Waals surface area contributed by atoms with E-state index in [0.29, 0.717) is 17.8 Å². The van der Waals surface area contributed by atoms with Gasteiger partial charge in [0.1, 0.15) is 0 Å². The van der Waals surface area contributed by atoms with Gasteiger partial charge in [0.2, 0.25) is 0 Å². The van der Waals surface area contributed by atoms with Crippen molar-refractivity contribution >= 4 is 27.4 Å². The van der Waals surface area contributed by atoms with Gasteiger partial charge in [-0.2, -0.15) is 0 Å². The fraction of sp³-hybridized carbons (Fsp3) is 0.231. The lowest BCUT2D eigenvalue weighted by molar-refractivity contribution is -0.121. The van der Waals surface area contributed by atoms with E-state index in [1.807, 2.05) is 48.7 Å². The molecular formula is C26H26N2O5S. The third-order valence-corrected chi connectivity index (χ3v) is 7.23. The fourth-order valence-electron chi connectivity index (χ4n) is 4.12. The number of benzene rings is 2. The zero-order valence-electron chi connectivity index (χ0n) is 19.0. The first-order valence-corrected chi connectivity index (χ1v) is 12.6. The predicted molar refractivity (Wildman–Crippen MR) is 130 cm³/mol. The maximum atomic E-state index is 13.1. The van der Waals surface area contributed by atoms with E-state index in [4.69, 9.17) is 4.74 Å². The minimum Gasteiger partial charge on any atom is -0.452 e. The summed E-state index contributed by atoms with van der Waals surface area (Å²) in [6, 6.07) is 19.8. The first kappa shape index (κ1) is 23.5. The Balaban J connectivity index is 1.49. The average Bonchev–Trinajstić information content (AvgIpc) is 3.32. The summed E-state index contributed by atoms with van der Waals surface area (Å²) in [4.78, 5) is 27.3. The molecule has 1 atom stereocenters. The summed E-state index contributed by atoms with van der Waals surface area (Å²) in [5.74, 6) is -1.30. The van der Waals surface area contributed by atoms with Crippen molar-refractivity contribution in [3.63, 3.8) is 0 Å². The van der Waals surface area contributed by atoms with E-state index in [1.165, 1.54) is 11.0 Å². The van der Waals surface area contributed by atoms with Crippen molar-refractivity contribution in [1.29, 1.82) is 0 Å². The number of esters is 1. The summed E-state index contributed by atoms with van der Waals surface area (Å²) in [5, 5.41) is 1.12. The number of nitrogens with zero attached hydrogens (tertiary/aromatic N) is 2. The second-order valence-corrected chi connectivity index (χ2v) is 10.2.